The van der Waals surface area contributed by atoms with Crippen molar-refractivity contribution in [3.63, 3.8) is 0 Å². The highest BCUT2D eigenvalue weighted by molar-refractivity contribution is 5.87. The first kappa shape index (κ1) is 34.1. The molecule has 1 saturated heterocycles. The number of nitrogens with zero attached hydrogens (tertiary/aromatic N) is 1. The maximum absolute atomic E-state index is 13.1. The molecule has 0 saturated carbocycles. The minimum absolute atomic E-state index is 0.0878. The van der Waals surface area contributed by atoms with Gasteiger partial charge in [-0.1, -0.05) is 6.07 Å². The number of carbonyl (C=O) groups excluding carboxylic acids is 4. The summed E-state index contributed by atoms with van der Waals surface area (Å²) in [6.07, 6.45) is 0.325. The Morgan fingerprint density at radius 2 is 1.96 bits per heavy atom. The fourth-order valence-corrected chi connectivity index (χ4v) is 7.58. The van der Waals surface area contributed by atoms with E-state index in [9.17, 15) is 39.3 Å². The number of carbonyl (C=O) groups is 5. The predicted molar refractivity (Wildman–Crippen MR) is 163 cm³/mol. The molecule has 47 heavy (non-hydrogen) atoms. The summed E-state index contributed by atoms with van der Waals surface area (Å²) >= 11 is 0. The van der Waals surface area contributed by atoms with E-state index in [-0.39, 0.29) is 42.7 Å². The zero-order valence-corrected chi connectivity index (χ0v) is 26.5. The van der Waals surface area contributed by atoms with Crippen LogP contribution in [-0.2, 0) is 45.3 Å². The molecule has 2 aliphatic carbocycles. The Morgan fingerprint density at radius 3 is 2.66 bits per heavy atom. The molecular weight excluding hydrogens is 616 g/mol. The van der Waals surface area contributed by atoms with Crippen molar-refractivity contribution in [3.8, 4) is 11.5 Å². The number of esters is 2. The first-order valence-corrected chi connectivity index (χ1v) is 15.8. The number of unbranched alkanes of at least 4 members (excludes halogenated alkanes) is 1. The molecular formula is C32H42N4O11. The number of carboxylic acid groups (broad SMARTS) is 1. The summed E-state index contributed by atoms with van der Waals surface area (Å²) in [4.78, 5) is 63.6. The highest BCUT2D eigenvalue weighted by Gasteiger charge is 2.72. The van der Waals surface area contributed by atoms with Crippen molar-refractivity contribution < 1.29 is 53.5 Å². The second-order valence-electron chi connectivity index (χ2n) is 12.7. The molecule has 2 heterocycles. The first-order chi connectivity index (χ1) is 22.3. The lowest BCUT2D eigenvalue weighted by Gasteiger charge is -2.61. The van der Waals surface area contributed by atoms with E-state index in [0.717, 1.165) is 5.56 Å². The van der Waals surface area contributed by atoms with Crippen LogP contribution in [0.1, 0.15) is 63.0 Å². The number of hydrogen-bond acceptors (Lipinski definition) is 12. The molecule has 2 amide bonds. The molecule has 7 N–H and O–H groups in total. The van der Waals surface area contributed by atoms with Gasteiger partial charge in [0.2, 0.25) is 17.9 Å². The quantitative estimate of drug-likeness (QED) is 0.112. The van der Waals surface area contributed by atoms with E-state index in [2.05, 4.69) is 15.5 Å². The molecule has 256 valence electrons. The van der Waals surface area contributed by atoms with Crippen molar-refractivity contribution in [3.05, 3.63) is 35.1 Å². The molecule has 2 aliphatic heterocycles. The zero-order valence-electron chi connectivity index (χ0n) is 26.5. The van der Waals surface area contributed by atoms with Gasteiger partial charge in [-0.2, -0.15) is 0 Å². The number of rotatable bonds is 14. The summed E-state index contributed by atoms with van der Waals surface area (Å²) in [5, 5.41) is 37.6. The number of phenolic OH excluding ortho intramolecular Hbond substituents is 1. The lowest BCUT2D eigenvalue weighted by molar-refractivity contribution is -0.173. The predicted octanol–water partition coefficient (Wildman–Crippen LogP) is -0.260. The van der Waals surface area contributed by atoms with Gasteiger partial charge in [0.1, 0.15) is 11.8 Å². The maximum atomic E-state index is 13.1. The molecule has 15 nitrogen and oxygen atoms in total. The van der Waals surface area contributed by atoms with Gasteiger partial charge in [0.15, 0.2) is 17.6 Å². The van der Waals surface area contributed by atoms with Gasteiger partial charge in [0, 0.05) is 31.5 Å². The number of phenols is 1. The smallest absolute Gasteiger partial charge is 0.345 e. The van der Waals surface area contributed by atoms with Gasteiger partial charge >= 0.3 is 17.9 Å². The summed E-state index contributed by atoms with van der Waals surface area (Å²) in [5.74, 6) is -4.21. The second kappa shape index (κ2) is 13.5. The molecule has 0 radical (unpaired) electrons. The molecule has 0 unspecified atom stereocenters. The number of nitrogens with two attached hydrogens (primary N) is 1. The van der Waals surface area contributed by atoms with Crippen molar-refractivity contribution >= 4 is 29.7 Å². The number of carboxylic acids is 1. The number of nitrogens with one attached hydrogen (secondary N) is 2. The number of ether oxygens (including phenoxy) is 3. The van der Waals surface area contributed by atoms with Crippen LogP contribution in [0.5, 0.6) is 11.5 Å². The standard InChI is InChI=1S/C32H42N4O11/c1-17(37)35-19(5-3-4-12-33)29(41)34-13-9-24(39)46-22(30(42)43)16-25(40)45-21-8-10-32(44)23-15-18-6-7-20(38)27-26(18)31(32,28(21)47-27)11-14-36(23)2/h6-8,19,22-23,28,38,44H,3-5,9-16,33H2,1-2H3,(H,34,41)(H,35,37)(H,42,43)/t19-,22-,23-,28-,31-,32+/m0/s1. The van der Waals surface area contributed by atoms with Gasteiger partial charge < -0.3 is 50.8 Å². The summed E-state index contributed by atoms with van der Waals surface area (Å²) in [6, 6.07) is 2.30. The third kappa shape index (κ3) is 6.26. The minimum Gasteiger partial charge on any atom is -0.504 e. The molecule has 4 aliphatic rings. The fraction of sp³-hybridized carbons (Fsp3) is 0.594. The van der Waals surface area contributed by atoms with Crippen molar-refractivity contribution in [1.82, 2.24) is 15.5 Å². The maximum Gasteiger partial charge on any atom is 0.345 e. The van der Waals surface area contributed by atoms with Crippen LogP contribution < -0.4 is 21.1 Å². The highest BCUT2D eigenvalue weighted by atomic mass is 16.6. The van der Waals surface area contributed by atoms with Gasteiger partial charge in [-0.25, -0.2) is 4.79 Å². The van der Waals surface area contributed by atoms with E-state index >= 15 is 0 Å². The fourth-order valence-electron chi connectivity index (χ4n) is 7.58. The Labute approximate surface area is 271 Å². The Balaban J connectivity index is 1.21. The van der Waals surface area contributed by atoms with Crippen LogP contribution >= 0.6 is 0 Å². The number of likely N-dealkylation sites (N-methyl/N-ethyl adjacent to an activating group) is 1. The van der Waals surface area contributed by atoms with Crippen LogP contribution in [0.15, 0.2) is 24.0 Å². The average Bonchev–Trinajstić information content (AvgIpc) is 3.37. The van der Waals surface area contributed by atoms with E-state index in [4.69, 9.17) is 19.9 Å². The number of amides is 2. The highest BCUT2D eigenvalue weighted by Crippen LogP contribution is 2.65. The molecule has 15 heteroatoms. The summed E-state index contributed by atoms with van der Waals surface area (Å²) in [5.41, 5.74) is 4.86. The van der Waals surface area contributed by atoms with E-state index in [1.54, 1.807) is 12.1 Å². The molecule has 5 rings (SSSR count). The Morgan fingerprint density at radius 1 is 1.19 bits per heavy atom. The Bertz CT molecular complexity index is 1480. The third-order valence-corrected chi connectivity index (χ3v) is 9.76. The van der Waals surface area contributed by atoms with Crippen LogP contribution in [0.4, 0.5) is 0 Å². The number of benzene rings is 1. The van der Waals surface area contributed by atoms with E-state index < -0.39 is 65.4 Å². The Kier molecular flexibility index (Phi) is 9.80. The zero-order chi connectivity index (χ0) is 34.1. The second-order valence-corrected chi connectivity index (χ2v) is 12.7. The number of aliphatic carboxylic acids is 1. The molecule has 0 aromatic heterocycles. The Hall–Kier alpha value is -4.21. The summed E-state index contributed by atoms with van der Waals surface area (Å²) in [6.45, 7) is 2.15. The van der Waals surface area contributed by atoms with Gasteiger partial charge in [0.05, 0.1) is 23.9 Å². The van der Waals surface area contributed by atoms with Crippen molar-refractivity contribution in [1.29, 1.82) is 0 Å². The lowest BCUT2D eigenvalue weighted by atomic mass is 9.50. The van der Waals surface area contributed by atoms with Crippen LogP contribution in [0.3, 0.4) is 0 Å². The number of piperidine rings is 1. The molecule has 1 fully saturated rings. The molecule has 6 atom stereocenters. The molecule has 1 aromatic carbocycles. The number of aliphatic hydroxyl groups is 1. The summed E-state index contributed by atoms with van der Waals surface area (Å²) < 4.78 is 16.9. The number of likely N-dealkylation sites (tertiary alicyclic amines) is 1. The monoisotopic (exact) mass is 658 g/mol. The third-order valence-electron chi connectivity index (χ3n) is 9.76. The van der Waals surface area contributed by atoms with Crippen LogP contribution in [0.25, 0.3) is 0 Å². The number of hydrogen-bond donors (Lipinski definition) is 6. The molecule has 1 aromatic rings. The van der Waals surface area contributed by atoms with Gasteiger partial charge in [-0.05, 0) is 69.9 Å². The SMILES string of the molecule is CC(=O)N[C@@H](CCCCN)C(=O)NCCC(=O)O[C@@H](CC(=O)OC1=CC[C@@]2(O)[C@@H]3Cc4ccc(O)c5c4[C@@]2(CCN3C)[C@H]1O5)C(=O)O. The van der Waals surface area contributed by atoms with Gasteiger partial charge in [-0.15, -0.1) is 0 Å². The van der Waals surface area contributed by atoms with E-state index in [1.165, 1.54) is 6.92 Å². The van der Waals surface area contributed by atoms with Crippen LogP contribution in [0.2, 0.25) is 0 Å². The average molecular weight is 659 g/mol. The van der Waals surface area contributed by atoms with E-state index in [0.29, 0.717) is 50.8 Å². The first-order valence-electron chi connectivity index (χ1n) is 15.8. The van der Waals surface area contributed by atoms with Crippen LogP contribution in [-0.4, -0.2) is 107 Å². The normalized spacial score (nSPS) is 26.5. The minimum atomic E-state index is -1.87. The van der Waals surface area contributed by atoms with Crippen molar-refractivity contribution in [2.75, 3.05) is 26.7 Å². The largest absolute Gasteiger partial charge is 0.504 e. The molecule has 1 spiro atoms. The van der Waals surface area contributed by atoms with Crippen LogP contribution in [0, 0.1) is 0 Å². The van der Waals surface area contributed by atoms with Gasteiger partial charge in [0.25, 0.3) is 0 Å². The van der Waals surface area contributed by atoms with Crippen molar-refractivity contribution in [2.45, 2.75) is 93.6 Å². The van der Waals surface area contributed by atoms with Gasteiger partial charge in [-0.3, -0.25) is 19.2 Å². The number of aromatic hydroxyl groups is 1. The lowest BCUT2D eigenvalue weighted by Crippen LogP contribution is -2.74. The topological polar surface area (TPSA) is 227 Å². The summed E-state index contributed by atoms with van der Waals surface area (Å²) in [7, 11) is 1.94. The van der Waals surface area contributed by atoms with Crippen molar-refractivity contribution in [2.24, 2.45) is 5.73 Å². The molecule has 2 bridgehead atoms. The van der Waals surface area contributed by atoms with E-state index in [1.807, 2.05) is 13.1 Å².